The van der Waals surface area contributed by atoms with Gasteiger partial charge in [-0.2, -0.15) is 0 Å². The maximum atomic E-state index is 8.82. The Morgan fingerprint density at radius 3 is 2.79 bits per heavy atom. The Morgan fingerprint density at radius 2 is 2.11 bits per heavy atom. The fraction of sp³-hybridized carbons (Fsp3) is 0.357. The molecule has 5 heteroatoms. The molecule has 0 saturated carbocycles. The smallest absolute Gasteiger partial charge is 0.131 e. The molecule has 1 aromatic carbocycles. The van der Waals surface area contributed by atoms with E-state index < -0.39 is 0 Å². The predicted molar refractivity (Wildman–Crippen MR) is 72.5 cm³/mol. The summed E-state index contributed by atoms with van der Waals surface area (Å²) in [4.78, 5) is 7.53. The molecule has 0 atom stereocenters. The normalized spacial score (nSPS) is 10.5. The van der Waals surface area contributed by atoms with Crippen molar-refractivity contribution >= 4 is 0 Å². The SMILES string of the molecule is COc1ccc(-c2cnc(CCCO)[nH]2)c(OC)c1. The average Bonchev–Trinajstić information content (AvgIpc) is 2.92. The van der Waals surface area contributed by atoms with E-state index in [-0.39, 0.29) is 6.61 Å². The maximum absolute atomic E-state index is 8.82. The van der Waals surface area contributed by atoms with Crippen molar-refractivity contribution in [2.75, 3.05) is 20.8 Å². The van der Waals surface area contributed by atoms with Crippen molar-refractivity contribution in [3.63, 3.8) is 0 Å². The first-order chi connectivity index (χ1) is 9.28. The van der Waals surface area contributed by atoms with Crippen molar-refractivity contribution in [1.29, 1.82) is 0 Å². The van der Waals surface area contributed by atoms with Gasteiger partial charge in [-0.3, -0.25) is 0 Å². The number of imidazole rings is 1. The number of aryl methyl sites for hydroxylation is 1. The summed E-state index contributed by atoms with van der Waals surface area (Å²) in [6, 6.07) is 5.65. The number of aliphatic hydroxyl groups excluding tert-OH is 1. The zero-order valence-corrected chi connectivity index (χ0v) is 11.1. The number of methoxy groups -OCH3 is 2. The van der Waals surface area contributed by atoms with Gasteiger partial charge in [0, 0.05) is 24.7 Å². The Kier molecular flexibility index (Phi) is 4.41. The predicted octanol–water partition coefficient (Wildman–Crippen LogP) is 2.02. The minimum atomic E-state index is 0.169. The van der Waals surface area contributed by atoms with Crippen molar-refractivity contribution in [3.05, 3.63) is 30.2 Å². The molecule has 0 spiro atoms. The number of hydrogen-bond donors (Lipinski definition) is 2. The Morgan fingerprint density at radius 1 is 1.26 bits per heavy atom. The first kappa shape index (κ1) is 13.4. The molecule has 0 unspecified atom stereocenters. The van der Waals surface area contributed by atoms with Gasteiger partial charge in [0.25, 0.3) is 0 Å². The molecule has 2 aromatic rings. The standard InChI is InChI=1S/C14H18N2O3/c1-18-10-5-6-11(13(8-10)19-2)12-9-15-14(16-12)4-3-7-17/h5-6,8-9,17H,3-4,7H2,1-2H3,(H,15,16). The second-order valence-electron chi connectivity index (χ2n) is 4.14. The van der Waals surface area contributed by atoms with Crippen LogP contribution in [0.15, 0.2) is 24.4 Å². The minimum Gasteiger partial charge on any atom is -0.497 e. The molecule has 0 bridgehead atoms. The Labute approximate surface area is 112 Å². The Bertz CT molecular complexity index is 537. The first-order valence-electron chi connectivity index (χ1n) is 6.15. The van der Waals surface area contributed by atoms with Gasteiger partial charge < -0.3 is 19.6 Å². The van der Waals surface area contributed by atoms with Gasteiger partial charge in [0.15, 0.2) is 0 Å². The van der Waals surface area contributed by atoms with Crippen molar-refractivity contribution in [2.45, 2.75) is 12.8 Å². The third-order valence-electron chi connectivity index (χ3n) is 2.90. The average molecular weight is 262 g/mol. The molecule has 0 aliphatic rings. The third-order valence-corrected chi connectivity index (χ3v) is 2.90. The summed E-state index contributed by atoms with van der Waals surface area (Å²) in [5.74, 6) is 2.35. The molecule has 2 rings (SSSR count). The number of H-pyrrole nitrogens is 1. The number of benzene rings is 1. The van der Waals surface area contributed by atoms with E-state index in [1.54, 1.807) is 20.4 Å². The van der Waals surface area contributed by atoms with Crippen LogP contribution < -0.4 is 9.47 Å². The highest BCUT2D eigenvalue weighted by Gasteiger charge is 2.10. The van der Waals surface area contributed by atoms with E-state index >= 15 is 0 Å². The molecule has 5 nitrogen and oxygen atoms in total. The lowest BCUT2D eigenvalue weighted by Crippen LogP contribution is -1.92. The van der Waals surface area contributed by atoms with E-state index in [0.717, 1.165) is 35.0 Å². The van der Waals surface area contributed by atoms with Crippen LogP contribution in [0.1, 0.15) is 12.2 Å². The largest absolute Gasteiger partial charge is 0.497 e. The Hall–Kier alpha value is -2.01. The molecule has 0 saturated heterocycles. The van der Waals surface area contributed by atoms with Crippen LogP contribution in [0.2, 0.25) is 0 Å². The van der Waals surface area contributed by atoms with E-state index in [4.69, 9.17) is 14.6 Å². The summed E-state index contributed by atoms with van der Waals surface area (Å²) < 4.78 is 10.5. The van der Waals surface area contributed by atoms with Gasteiger partial charge >= 0.3 is 0 Å². The molecule has 1 aromatic heterocycles. The zero-order valence-electron chi connectivity index (χ0n) is 11.1. The summed E-state index contributed by atoms with van der Waals surface area (Å²) in [6.45, 7) is 0.169. The molecule has 1 heterocycles. The topological polar surface area (TPSA) is 67.4 Å². The lowest BCUT2D eigenvalue weighted by atomic mass is 10.1. The number of aromatic amines is 1. The molecule has 0 aliphatic heterocycles. The van der Waals surface area contributed by atoms with E-state index in [0.29, 0.717) is 6.42 Å². The second-order valence-corrected chi connectivity index (χ2v) is 4.14. The number of ether oxygens (including phenoxy) is 2. The van der Waals surface area contributed by atoms with Crippen molar-refractivity contribution in [3.8, 4) is 22.8 Å². The summed E-state index contributed by atoms with van der Waals surface area (Å²) in [6.07, 6.45) is 3.21. The van der Waals surface area contributed by atoms with Crippen molar-refractivity contribution in [1.82, 2.24) is 9.97 Å². The quantitative estimate of drug-likeness (QED) is 0.835. The molecular weight excluding hydrogens is 244 g/mol. The molecule has 0 amide bonds. The van der Waals surface area contributed by atoms with Gasteiger partial charge in [-0.25, -0.2) is 4.98 Å². The highest BCUT2D eigenvalue weighted by molar-refractivity contribution is 5.68. The molecule has 2 N–H and O–H groups in total. The number of rotatable bonds is 6. The van der Waals surface area contributed by atoms with Crippen LogP contribution in [0.3, 0.4) is 0 Å². The van der Waals surface area contributed by atoms with Gasteiger partial charge in [-0.1, -0.05) is 0 Å². The van der Waals surface area contributed by atoms with Crippen LogP contribution in [-0.4, -0.2) is 35.9 Å². The van der Waals surface area contributed by atoms with Crippen LogP contribution in [0.25, 0.3) is 11.3 Å². The van der Waals surface area contributed by atoms with Crippen LogP contribution >= 0.6 is 0 Å². The Balaban J connectivity index is 2.27. The van der Waals surface area contributed by atoms with Crippen LogP contribution in [0, 0.1) is 0 Å². The van der Waals surface area contributed by atoms with Gasteiger partial charge in [0.1, 0.15) is 17.3 Å². The summed E-state index contributed by atoms with van der Waals surface area (Å²) >= 11 is 0. The van der Waals surface area contributed by atoms with Crippen LogP contribution in [0.4, 0.5) is 0 Å². The third kappa shape index (κ3) is 3.06. The lowest BCUT2D eigenvalue weighted by molar-refractivity contribution is 0.287. The number of nitrogens with zero attached hydrogens (tertiary/aromatic N) is 1. The van der Waals surface area contributed by atoms with E-state index in [1.165, 1.54) is 0 Å². The minimum absolute atomic E-state index is 0.169. The number of aromatic nitrogens is 2. The fourth-order valence-electron chi connectivity index (χ4n) is 1.89. The maximum Gasteiger partial charge on any atom is 0.131 e. The molecule has 0 radical (unpaired) electrons. The zero-order chi connectivity index (χ0) is 13.7. The molecule has 0 fully saturated rings. The fourth-order valence-corrected chi connectivity index (χ4v) is 1.89. The summed E-state index contributed by atoms with van der Waals surface area (Å²) in [5.41, 5.74) is 1.83. The number of nitrogens with one attached hydrogen (secondary N) is 1. The van der Waals surface area contributed by atoms with E-state index in [1.807, 2.05) is 18.2 Å². The summed E-state index contributed by atoms with van der Waals surface area (Å²) in [5, 5.41) is 8.82. The van der Waals surface area contributed by atoms with Crippen LogP contribution in [0.5, 0.6) is 11.5 Å². The monoisotopic (exact) mass is 262 g/mol. The molecular formula is C14H18N2O3. The number of hydrogen-bond acceptors (Lipinski definition) is 4. The van der Waals surface area contributed by atoms with Crippen molar-refractivity contribution in [2.24, 2.45) is 0 Å². The first-order valence-corrected chi connectivity index (χ1v) is 6.15. The van der Waals surface area contributed by atoms with Crippen molar-refractivity contribution < 1.29 is 14.6 Å². The van der Waals surface area contributed by atoms with E-state index in [2.05, 4.69) is 9.97 Å². The highest BCUT2D eigenvalue weighted by atomic mass is 16.5. The summed E-state index contributed by atoms with van der Waals surface area (Å²) in [7, 11) is 3.25. The second kappa shape index (κ2) is 6.24. The molecule has 102 valence electrons. The lowest BCUT2D eigenvalue weighted by Gasteiger charge is -2.08. The van der Waals surface area contributed by atoms with Gasteiger partial charge in [-0.15, -0.1) is 0 Å². The molecule has 19 heavy (non-hydrogen) atoms. The number of aliphatic hydroxyl groups is 1. The van der Waals surface area contributed by atoms with Gasteiger partial charge in [-0.05, 0) is 18.6 Å². The van der Waals surface area contributed by atoms with Crippen LogP contribution in [-0.2, 0) is 6.42 Å². The highest BCUT2D eigenvalue weighted by Crippen LogP contribution is 2.32. The van der Waals surface area contributed by atoms with E-state index in [9.17, 15) is 0 Å². The van der Waals surface area contributed by atoms with Gasteiger partial charge in [0.2, 0.25) is 0 Å². The molecule has 0 aliphatic carbocycles. The van der Waals surface area contributed by atoms with Gasteiger partial charge in [0.05, 0.1) is 26.1 Å².